The molecule has 0 aliphatic rings. The van der Waals surface area contributed by atoms with Crippen LogP contribution in [-0.2, 0) is 6.42 Å². The Morgan fingerprint density at radius 2 is 2.20 bits per heavy atom. The number of hydrogen-bond acceptors (Lipinski definition) is 4. The summed E-state index contributed by atoms with van der Waals surface area (Å²) in [5.74, 6) is 0.0980. The number of nitrogens with zero attached hydrogens (tertiary/aromatic N) is 2. The largest absolute Gasteiger partial charge is 0.294 e. The third-order valence-corrected chi connectivity index (χ3v) is 2.75. The average molecular weight is 218 g/mol. The Hall–Kier alpha value is -1.55. The van der Waals surface area contributed by atoms with Crippen LogP contribution in [0.4, 0.5) is 0 Å². The standard InChI is InChI=1S/C11H10N2OS/c1-8-4-2-3-5-10(8)11(14)6-9-7-15-13-12-9/h2-5,7H,6H2,1H3. The molecule has 1 aromatic heterocycles. The Morgan fingerprint density at radius 3 is 2.87 bits per heavy atom. The summed E-state index contributed by atoms with van der Waals surface area (Å²) in [4.78, 5) is 11.9. The Labute approximate surface area is 91.9 Å². The van der Waals surface area contributed by atoms with E-state index in [2.05, 4.69) is 9.59 Å². The van der Waals surface area contributed by atoms with Crippen molar-refractivity contribution in [3.05, 3.63) is 46.5 Å². The summed E-state index contributed by atoms with van der Waals surface area (Å²) in [7, 11) is 0. The van der Waals surface area contributed by atoms with Gasteiger partial charge < -0.3 is 0 Å². The molecule has 1 aromatic carbocycles. The minimum atomic E-state index is 0.0980. The minimum Gasteiger partial charge on any atom is -0.294 e. The van der Waals surface area contributed by atoms with Gasteiger partial charge in [0, 0.05) is 10.9 Å². The Balaban J connectivity index is 2.19. The smallest absolute Gasteiger partial charge is 0.169 e. The minimum absolute atomic E-state index is 0.0980. The Bertz CT molecular complexity index is 465. The van der Waals surface area contributed by atoms with Crippen LogP contribution in [0.3, 0.4) is 0 Å². The monoisotopic (exact) mass is 218 g/mol. The predicted molar refractivity (Wildman–Crippen MR) is 59.1 cm³/mol. The molecule has 15 heavy (non-hydrogen) atoms. The van der Waals surface area contributed by atoms with Crippen molar-refractivity contribution in [3.8, 4) is 0 Å². The van der Waals surface area contributed by atoms with E-state index in [0.29, 0.717) is 6.42 Å². The molecule has 0 atom stereocenters. The number of benzene rings is 1. The zero-order valence-corrected chi connectivity index (χ0v) is 9.12. The molecule has 76 valence electrons. The fourth-order valence-corrected chi connectivity index (χ4v) is 1.86. The van der Waals surface area contributed by atoms with Gasteiger partial charge in [-0.15, -0.1) is 5.10 Å². The summed E-state index contributed by atoms with van der Waals surface area (Å²) < 4.78 is 3.73. The van der Waals surface area contributed by atoms with Crippen LogP contribution in [-0.4, -0.2) is 15.4 Å². The lowest BCUT2D eigenvalue weighted by atomic mass is 10.0. The molecular formula is C11H10N2OS. The first kappa shape index (κ1) is 9.98. The number of carbonyl (C=O) groups excluding carboxylic acids is 1. The van der Waals surface area contributed by atoms with Gasteiger partial charge in [-0.1, -0.05) is 28.8 Å². The van der Waals surface area contributed by atoms with Gasteiger partial charge in [-0.05, 0) is 24.0 Å². The number of Topliss-reactive ketones (excluding diaryl/α,β-unsaturated/α-hetero) is 1. The van der Waals surface area contributed by atoms with E-state index in [1.54, 1.807) is 5.38 Å². The number of ketones is 1. The molecule has 1 heterocycles. The fourth-order valence-electron chi connectivity index (χ4n) is 1.41. The number of carbonyl (C=O) groups is 1. The van der Waals surface area contributed by atoms with Crippen LogP contribution < -0.4 is 0 Å². The van der Waals surface area contributed by atoms with Crippen LogP contribution in [0.1, 0.15) is 21.6 Å². The molecule has 0 radical (unpaired) electrons. The highest BCUT2D eigenvalue weighted by Gasteiger charge is 2.10. The van der Waals surface area contributed by atoms with Gasteiger partial charge in [-0.2, -0.15) is 0 Å². The Morgan fingerprint density at radius 1 is 1.40 bits per heavy atom. The molecule has 0 fully saturated rings. The second-order valence-electron chi connectivity index (χ2n) is 3.31. The molecule has 0 aliphatic carbocycles. The number of hydrogen-bond donors (Lipinski definition) is 0. The first-order chi connectivity index (χ1) is 7.27. The molecule has 2 rings (SSSR count). The van der Waals surface area contributed by atoms with Gasteiger partial charge >= 0.3 is 0 Å². The molecule has 4 heteroatoms. The summed E-state index contributed by atoms with van der Waals surface area (Å²) >= 11 is 1.27. The first-order valence-corrected chi connectivity index (χ1v) is 5.46. The lowest BCUT2D eigenvalue weighted by Crippen LogP contribution is -2.05. The van der Waals surface area contributed by atoms with E-state index in [1.165, 1.54) is 11.5 Å². The molecule has 0 saturated heterocycles. The van der Waals surface area contributed by atoms with E-state index in [4.69, 9.17) is 0 Å². The van der Waals surface area contributed by atoms with E-state index >= 15 is 0 Å². The normalized spacial score (nSPS) is 10.2. The zero-order valence-electron chi connectivity index (χ0n) is 8.30. The lowest BCUT2D eigenvalue weighted by Gasteiger charge is -2.02. The predicted octanol–water partition coefficient (Wildman–Crippen LogP) is 2.27. The third kappa shape index (κ3) is 2.27. The number of rotatable bonds is 3. The number of aromatic nitrogens is 2. The van der Waals surface area contributed by atoms with Crippen LogP contribution in [0, 0.1) is 6.92 Å². The molecule has 3 nitrogen and oxygen atoms in total. The quantitative estimate of drug-likeness (QED) is 0.742. The van der Waals surface area contributed by atoms with Gasteiger partial charge in [0.15, 0.2) is 5.78 Å². The van der Waals surface area contributed by atoms with E-state index < -0.39 is 0 Å². The SMILES string of the molecule is Cc1ccccc1C(=O)Cc1csnn1. The lowest BCUT2D eigenvalue weighted by molar-refractivity contribution is 0.0991. The van der Waals surface area contributed by atoms with Gasteiger partial charge in [-0.3, -0.25) is 4.79 Å². The van der Waals surface area contributed by atoms with Crippen molar-refractivity contribution in [2.45, 2.75) is 13.3 Å². The zero-order chi connectivity index (χ0) is 10.7. The molecule has 2 aromatic rings. The van der Waals surface area contributed by atoms with Gasteiger partial charge in [0.1, 0.15) is 0 Å². The maximum Gasteiger partial charge on any atom is 0.169 e. The van der Waals surface area contributed by atoms with Crippen molar-refractivity contribution < 1.29 is 4.79 Å². The molecule has 0 bridgehead atoms. The summed E-state index contributed by atoms with van der Waals surface area (Å²) in [6.07, 6.45) is 0.335. The van der Waals surface area contributed by atoms with E-state index in [-0.39, 0.29) is 5.78 Å². The van der Waals surface area contributed by atoms with Crippen molar-refractivity contribution >= 4 is 17.3 Å². The summed E-state index contributed by atoms with van der Waals surface area (Å²) in [5, 5.41) is 5.66. The average Bonchev–Trinajstić information content (AvgIpc) is 2.71. The molecule has 0 aliphatic heterocycles. The fraction of sp³-hybridized carbons (Fsp3) is 0.182. The van der Waals surface area contributed by atoms with Gasteiger partial charge in [0.05, 0.1) is 12.1 Å². The molecule has 0 saturated carbocycles. The molecule has 0 spiro atoms. The molecule has 0 unspecified atom stereocenters. The summed E-state index contributed by atoms with van der Waals surface area (Å²) in [6.45, 7) is 1.94. The van der Waals surface area contributed by atoms with Crippen molar-refractivity contribution in [2.24, 2.45) is 0 Å². The highest BCUT2D eigenvalue weighted by Crippen LogP contribution is 2.11. The van der Waals surface area contributed by atoms with E-state index in [1.807, 2.05) is 31.2 Å². The topological polar surface area (TPSA) is 42.9 Å². The Kier molecular flexibility index (Phi) is 2.87. The van der Waals surface area contributed by atoms with Crippen LogP contribution in [0.15, 0.2) is 29.6 Å². The third-order valence-electron chi connectivity index (χ3n) is 2.19. The summed E-state index contributed by atoms with van der Waals surface area (Å²) in [6, 6.07) is 7.58. The maximum atomic E-state index is 11.9. The number of aryl methyl sites for hydroxylation is 1. The second kappa shape index (κ2) is 4.31. The maximum absolute atomic E-state index is 11.9. The van der Waals surface area contributed by atoms with Crippen molar-refractivity contribution in [2.75, 3.05) is 0 Å². The molecule has 0 amide bonds. The highest BCUT2D eigenvalue weighted by molar-refractivity contribution is 7.03. The van der Waals surface area contributed by atoms with Crippen LogP contribution >= 0.6 is 11.5 Å². The van der Waals surface area contributed by atoms with Gasteiger partial charge in [-0.25, -0.2) is 0 Å². The van der Waals surface area contributed by atoms with E-state index in [0.717, 1.165) is 16.8 Å². The van der Waals surface area contributed by atoms with Crippen molar-refractivity contribution in [1.82, 2.24) is 9.59 Å². The van der Waals surface area contributed by atoms with Crippen molar-refractivity contribution in [1.29, 1.82) is 0 Å². The van der Waals surface area contributed by atoms with E-state index in [9.17, 15) is 4.79 Å². The van der Waals surface area contributed by atoms with Gasteiger partial charge in [0.25, 0.3) is 0 Å². The second-order valence-corrected chi connectivity index (χ2v) is 3.92. The summed E-state index contributed by atoms with van der Waals surface area (Å²) in [5.41, 5.74) is 2.52. The van der Waals surface area contributed by atoms with Crippen molar-refractivity contribution in [3.63, 3.8) is 0 Å². The molecular weight excluding hydrogens is 208 g/mol. The van der Waals surface area contributed by atoms with Crippen LogP contribution in [0.2, 0.25) is 0 Å². The van der Waals surface area contributed by atoms with Gasteiger partial charge in [0.2, 0.25) is 0 Å². The molecule has 0 N–H and O–H groups in total. The first-order valence-electron chi connectivity index (χ1n) is 4.62. The van der Waals surface area contributed by atoms with Crippen LogP contribution in [0.25, 0.3) is 0 Å². The van der Waals surface area contributed by atoms with Crippen LogP contribution in [0.5, 0.6) is 0 Å². The highest BCUT2D eigenvalue weighted by atomic mass is 32.1.